The van der Waals surface area contributed by atoms with Crippen LogP contribution < -0.4 is 10.0 Å². The molecular formula is C14H16F2N2O5S. The number of rotatable bonds is 7. The summed E-state index contributed by atoms with van der Waals surface area (Å²) < 4.78 is 52.9. The number of nitrogens with one attached hydrogen (secondary N) is 2. The average molecular weight is 362 g/mol. The number of carboxylic acids is 1. The van der Waals surface area contributed by atoms with Gasteiger partial charge in [0.05, 0.1) is 17.1 Å². The zero-order valence-electron chi connectivity index (χ0n) is 12.7. The second kappa shape index (κ2) is 6.34. The number of halogens is 2. The van der Waals surface area contributed by atoms with Gasteiger partial charge in [0.25, 0.3) is 0 Å². The van der Waals surface area contributed by atoms with Crippen LogP contribution in [0.3, 0.4) is 0 Å². The van der Waals surface area contributed by atoms with Crippen molar-refractivity contribution in [3.8, 4) is 0 Å². The Morgan fingerprint density at radius 3 is 2.29 bits per heavy atom. The van der Waals surface area contributed by atoms with E-state index >= 15 is 0 Å². The predicted molar refractivity (Wildman–Crippen MR) is 82.0 cm³/mol. The molecule has 1 amide bonds. The molecule has 3 N–H and O–H groups in total. The van der Waals surface area contributed by atoms with Gasteiger partial charge in [0.2, 0.25) is 15.9 Å². The van der Waals surface area contributed by atoms with Gasteiger partial charge in [-0.3, -0.25) is 14.3 Å². The third kappa shape index (κ3) is 3.64. The molecule has 0 saturated heterocycles. The highest BCUT2D eigenvalue weighted by Gasteiger charge is 2.57. The number of sulfonamides is 1. The Morgan fingerprint density at radius 2 is 1.79 bits per heavy atom. The van der Waals surface area contributed by atoms with Crippen LogP contribution in [0.5, 0.6) is 0 Å². The molecule has 7 nitrogen and oxygen atoms in total. The number of carboxylic acid groups (broad SMARTS) is 1. The Kier molecular flexibility index (Phi) is 4.79. The second-order valence-electron chi connectivity index (χ2n) is 5.57. The van der Waals surface area contributed by atoms with Gasteiger partial charge in [-0.1, -0.05) is 6.92 Å². The zero-order valence-corrected chi connectivity index (χ0v) is 13.5. The van der Waals surface area contributed by atoms with E-state index in [4.69, 9.17) is 5.11 Å². The number of carbonyl (C=O) groups is 2. The van der Waals surface area contributed by atoms with Crippen molar-refractivity contribution < 1.29 is 31.9 Å². The lowest BCUT2D eigenvalue weighted by molar-refractivity contribution is -0.147. The van der Waals surface area contributed by atoms with Crippen LogP contribution in [-0.4, -0.2) is 31.2 Å². The molecule has 1 fully saturated rings. The molecule has 2 rings (SSSR count). The lowest BCUT2D eigenvalue weighted by atomic mass is 10.1. The largest absolute Gasteiger partial charge is 0.480 e. The Balaban J connectivity index is 2.27. The fourth-order valence-corrected chi connectivity index (χ4v) is 3.25. The van der Waals surface area contributed by atoms with Gasteiger partial charge in [-0.2, -0.15) is 0 Å². The molecule has 132 valence electrons. The van der Waals surface area contributed by atoms with Crippen LogP contribution in [0.25, 0.3) is 0 Å². The highest BCUT2D eigenvalue weighted by atomic mass is 32.2. The zero-order chi connectivity index (χ0) is 18.1. The maximum Gasteiger partial charge on any atom is 0.319 e. The molecular weight excluding hydrogens is 346 g/mol. The van der Waals surface area contributed by atoms with Gasteiger partial charge in [0.1, 0.15) is 17.0 Å². The van der Waals surface area contributed by atoms with Crippen LogP contribution >= 0.6 is 0 Å². The quantitative estimate of drug-likeness (QED) is 0.642. The number of hydrogen-bond acceptors (Lipinski definition) is 4. The molecule has 1 aromatic carbocycles. The van der Waals surface area contributed by atoms with Crippen LogP contribution in [0.15, 0.2) is 12.1 Å². The van der Waals surface area contributed by atoms with Crippen LogP contribution in [0.4, 0.5) is 20.2 Å². The van der Waals surface area contributed by atoms with E-state index in [-0.39, 0.29) is 18.6 Å². The summed E-state index contributed by atoms with van der Waals surface area (Å²) >= 11 is 0. The number of anilines is 2. The standard InChI is InChI=1S/C14H16F2N2O5S/c1-2-5-24(22,23)18-11-7-10(8(15)6-9(11)16)17-12(19)14(3-4-14)13(20)21/h6-7,18H,2-5H2,1H3,(H,17,19)(H,20,21). The summed E-state index contributed by atoms with van der Waals surface area (Å²) in [6.07, 6.45) is 0.531. The SMILES string of the molecule is CCCS(=O)(=O)Nc1cc(NC(=O)C2(C(=O)O)CC2)c(F)cc1F. The Labute approximate surface area is 137 Å². The van der Waals surface area contributed by atoms with Crippen molar-refractivity contribution in [3.05, 3.63) is 23.8 Å². The molecule has 0 spiro atoms. The van der Waals surface area contributed by atoms with Crippen molar-refractivity contribution in [1.82, 2.24) is 0 Å². The molecule has 1 saturated carbocycles. The molecule has 0 atom stereocenters. The van der Waals surface area contributed by atoms with E-state index in [0.29, 0.717) is 12.5 Å². The third-order valence-electron chi connectivity index (χ3n) is 3.64. The third-order valence-corrected chi connectivity index (χ3v) is 5.11. The van der Waals surface area contributed by atoms with Gasteiger partial charge in [0.15, 0.2) is 0 Å². The minimum atomic E-state index is -3.81. The Morgan fingerprint density at radius 1 is 1.21 bits per heavy atom. The summed E-state index contributed by atoms with van der Waals surface area (Å²) in [5, 5.41) is 11.1. The van der Waals surface area contributed by atoms with Crippen molar-refractivity contribution in [1.29, 1.82) is 0 Å². The molecule has 10 heteroatoms. The summed E-state index contributed by atoms with van der Waals surface area (Å²) in [4.78, 5) is 23.1. The van der Waals surface area contributed by atoms with Crippen molar-refractivity contribution in [3.63, 3.8) is 0 Å². The first-order chi connectivity index (χ1) is 11.1. The molecule has 1 aromatic rings. The molecule has 1 aliphatic rings. The van der Waals surface area contributed by atoms with Gasteiger partial charge in [-0.05, 0) is 25.3 Å². The molecule has 0 aromatic heterocycles. The summed E-state index contributed by atoms with van der Waals surface area (Å²) in [7, 11) is -3.81. The van der Waals surface area contributed by atoms with E-state index in [1.807, 2.05) is 4.72 Å². The second-order valence-corrected chi connectivity index (χ2v) is 7.42. The number of benzene rings is 1. The molecule has 0 heterocycles. The van der Waals surface area contributed by atoms with Gasteiger partial charge < -0.3 is 10.4 Å². The lowest BCUT2D eigenvalue weighted by Gasteiger charge is -2.14. The monoisotopic (exact) mass is 362 g/mol. The summed E-state index contributed by atoms with van der Waals surface area (Å²) in [6.45, 7) is 1.62. The van der Waals surface area contributed by atoms with E-state index in [2.05, 4.69) is 5.32 Å². The maximum absolute atomic E-state index is 13.8. The number of hydrogen-bond donors (Lipinski definition) is 3. The first-order valence-corrected chi connectivity index (χ1v) is 8.81. The van der Waals surface area contributed by atoms with Crippen LogP contribution in [0, 0.1) is 17.0 Å². The van der Waals surface area contributed by atoms with E-state index < -0.39 is 50.3 Å². The Hall–Kier alpha value is -2.23. The molecule has 24 heavy (non-hydrogen) atoms. The van der Waals surface area contributed by atoms with Gasteiger partial charge in [0, 0.05) is 6.07 Å². The summed E-state index contributed by atoms with van der Waals surface area (Å²) in [5.41, 5.74) is -2.63. The van der Waals surface area contributed by atoms with Gasteiger partial charge in [-0.25, -0.2) is 17.2 Å². The smallest absolute Gasteiger partial charge is 0.319 e. The van der Waals surface area contributed by atoms with Crippen molar-refractivity contribution >= 4 is 33.3 Å². The summed E-state index contributed by atoms with van der Waals surface area (Å²) in [6, 6.07) is 1.20. The van der Waals surface area contributed by atoms with Crippen molar-refractivity contribution in [2.45, 2.75) is 26.2 Å². The predicted octanol–water partition coefficient (Wildman–Crippen LogP) is 1.92. The van der Waals surface area contributed by atoms with E-state index in [1.165, 1.54) is 0 Å². The molecule has 0 radical (unpaired) electrons. The number of amides is 1. The number of aliphatic carboxylic acids is 1. The highest BCUT2D eigenvalue weighted by molar-refractivity contribution is 7.92. The van der Waals surface area contributed by atoms with Crippen molar-refractivity contribution in [2.75, 3.05) is 15.8 Å². The normalized spacial score (nSPS) is 15.6. The highest BCUT2D eigenvalue weighted by Crippen LogP contribution is 2.47. The Bertz CT molecular complexity index is 791. The van der Waals surface area contributed by atoms with Crippen LogP contribution in [-0.2, 0) is 19.6 Å². The first kappa shape index (κ1) is 18.1. The van der Waals surface area contributed by atoms with Crippen LogP contribution in [0.2, 0.25) is 0 Å². The molecule has 0 unspecified atom stereocenters. The van der Waals surface area contributed by atoms with E-state index in [0.717, 1.165) is 6.07 Å². The lowest BCUT2D eigenvalue weighted by Crippen LogP contribution is -2.31. The number of carbonyl (C=O) groups excluding carboxylic acids is 1. The minimum absolute atomic E-state index is 0.118. The molecule has 0 bridgehead atoms. The van der Waals surface area contributed by atoms with Crippen molar-refractivity contribution in [2.24, 2.45) is 5.41 Å². The first-order valence-electron chi connectivity index (χ1n) is 7.15. The minimum Gasteiger partial charge on any atom is -0.480 e. The van der Waals surface area contributed by atoms with E-state index in [1.54, 1.807) is 6.92 Å². The average Bonchev–Trinajstić information content (AvgIpc) is 3.25. The van der Waals surface area contributed by atoms with Gasteiger partial charge >= 0.3 is 5.97 Å². The van der Waals surface area contributed by atoms with Crippen LogP contribution in [0.1, 0.15) is 26.2 Å². The topological polar surface area (TPSA) is 113 Å². The molecule has 0 aliphatic heterocycles. The summed E-state index contributed by atoms with van der Waals surface area (Å²) in [5.74, 6) is -4.80. The van der Waals surface area contributed by atoms with Gasteiger partial charge in [-0.15, -0.1) is 0 Å². The van der Waals surface area contributed by atoms with E-state index in [9.17, 15) is 26.8 Å². The fraction of sp³-hybridized carbons (Fsp3) is 0.429. The fourth-order valence-electron chi connectivity index (χ4n) is 2.12. The maximum atomic E-state index is 13.8. The molecule has 1 aliphatic carbocycles.